The second-order valence-corrected chi connectivity index (χ2v) is 7.11. The van der Waals surface area contributed by atoms with Gasteiger partial charge in [-0.15, -0.1) is 0 Å². The van der Waals surface area contributed by atoms with E-state index in [1.54, 1.807) is 18.2 Å². The number of methoxy groups -OCH3 is 1. The molecule has 0 atom stereocenters. The largest absolute Gasteiger partial charge is 0.497 e. The van der Waals surface area contributed by atoms with Crippen molar-refractivity contribution in [3.8, 4) is 22.9 Å². The highest BCUT2D eigenvalue weighted by atomic mass is 79.9. The van der Waals surface area contributed by atoms with Gasteiger partial charge in [-0.05, 0) is 46.3 Å². The Balaban J connectivity index is 2.08. The molecule has 0 saturated carbocycles. The van der Waals surface area contributed by atoms with Gasteiger partial charge in [0.15, 0.2) is 0 Å². The molecule has 0 amide bonds. The maximum atomic E-state index is 14.5. The highest BCUT2D eigenvalue weighted by Gasteiger charge is 2.15. The fourth-order valence-electron chi connectivity index (χ4n) is 2.44. The van der Waals surface area contributed by atoms with Crippen molar-refractivity contribution < 1.29 is 9.13 Å². The maximum absolute atomic E-state index is 14.5. The number of nitriles is 1. The van der Waals surface area contributed by atoms with Crippen LogP contribution in [0.15, 0.2) is 74.9 Å². The molecule has 0 saturated heterocycles. The molecule has 5 heteroatoms. The van der Waals surface area contributed by atoms with E-state index in [0.717, 1.165) is 14.3 Å². The number of halogens is 2. The van der Waals surface area contributed by atoms with E-state index >= 15 is 0 Å². The molecule has 0 bridgehead atoms. The van der Waals surface area contributed by atoms with Gasteiger partial charge in [0, 0.05) is 31.5 Å². The summed E-state index contributed by atoms with van der Waals surface area (Å²) in [7, 11) is 1.49. The van der Waals surface area contributed by atoms with Crippen LogP contribution in [0.3, 0.4) is 0 Å². The summed E-state index contributed by atoms with van der Waals surface area (Å²) in [5, 5.41) is 9.68. The second kappa shape index (κ2) is 7.73. The molecule has 0 N–H and O–H groups in total. The van der Waals surface area contributed by atoms with Crippen LogP contribution in [0.5, 0.6) is 5.75 Å². The number of hydrogen-bond acceptors (Lipinski definition) is 3. The Morgan fingerprint density at radius 1 is 1.00 bits per heavy atom. The van der Waals surface area contributed by atoms with Crippen LogP contribution < -0.4 is 4.74 Å². The van der Waals surface area contributed by atoms with E-state index in [2.05, 4.69) is 22.0 Å². The zero-order valence-corrected chi connectivity index (χ0v) is 15.7. The number of benzene rings is 3. The van der Waals surface area contributed by atoms with Gasteiger partial charge in [0.1, 0.15) is 17.6 Å². The fourth-order valence-corrected chi connectivity index (χ4v) is 3.92. The van der Waals surface area contributed by atoms with Gasteiger partial charge in [-0.1, -0.05) is 36.0 Å². The van der Waals surface area contributed by atoms with Crippen LogP contribution >= 0.6 is 27.7 Å². The van der Waals surface area contributed by atoms with Crippen LogP contribution in [0.25, 0.3) is 11.1 Å². The highest BCUT2D eigenvalue weighted by molar-refractivity contribution is 9.10. The first-order valence-electron chi connectivity index (χ1n) is 7.43. The minimum absolute atomic E-state index is 0.381. The Morgan fingerprint density at radius 3 is 2.44 bits per heavy atom. The van der Waals surface area contributed by atoms with Crippen molar-refractivity contribution in [3.63, 3.8) is 0 Å². The first kappa shape index (κ1) is 17.5. The van der Waals surface area contributed by atoms with Crippen molar-refractivity contribution in [3.05, 3.63) is 76.5 Å². The summed E-state index contributed by atoms with van der Waals surface area (Å²) in [6.07, 6.45) is 0. The average molecular weight is 414 g/mol. The molecule has 0 aromatic heterocycles. The van der Waals surface area contributed by atoms with Crippen molar-refractivity contribution in [1.82, 2.24) is 0 Å². The molecule has 0 spiro atoms. The summed E-state index contributed by atoms with van der Waals surface area (Å²) < 4.78 is 20.5. The quantitative estimate of drug-likeness (QED) is 0.503. The monoisotopic (exact) mass is 413 g/mol. The van der Waals surface area contributed by atoms with Gasteiger partial charge in [-0.3, -0.25) is 0 Å². The zero-order chi connectivity index (χ0) is 17.8. The van der Waals surface area contributed by atoms with Gasteiger partial charge in [-0.2, -0.15) is 5.26 Å². The zero-order valence-electron chi connectivity index (χ0n) is 13.3. The normalized spacial score (nSPS) is 10.3. The first-order chi connectivity index (χ1) is 12.1. The fraction of sp³-hybridized carbons (Fsp3) is 0.0500. The van der Waals surface area contributed by atoms with Crippen LogP contribution in [-0.4, -0.2) is 7.11 Å². The molecule has 3 aromatic rings. The Morgan fingerprint density at radius 2 is 1.76 bits per heavy atom. The molecule has 0 fully saturated rings. The van der Waals surface area contributed by atoms with Crippen molar-refractivity contribution in [2.75, 3.05) is 7.11 Å². The van der Waals surface area contributed by atoms with Crippen molar-refractivity contribution in [2.24, 2.45) is 0 Å². The summed E-state index contributed by atoms with van der Waals surface area (Å²) in [5.74, 6) is 0.0254. The Bertz CT molecular complexity index is 968. The predicted molar refractivity (Wildman–Crippen MR) is 101 cm³/mol. The number of nitrogens with zero attached hydrogens (tertiary/aromatic N) is 1. The van der Waals surface area contributed by atoms with E-state index < -0.39 is 5.82 Å². The van der Waals surface area contributed by atoms with Crippen molar-refractivity contribution in [2.45, 2.75) is 9.79 Å². The topological polar surface area (TPSA) is 33.0 Å². The molecule has 0 radical (unpaired) electrons. The second-order valence-electron chi connectivity index (χ2n) is 5.17. The molecule has 2 nitrogen and oxygen atoms in total. The van der Waals surface area contributed by atoms with E-state index in [1.165, 1.54) is 24.9 Å². The summed E-state index contributed by atoms with van der Waals surface area (Å²) in [4.78, 5) is 1.77. The molecule has 3 aromatic carbocycles. The lowest BCUT2D eigenvalue weighted by molar-refractivity contribution is 0.411. The lowest BCUT2D eigenvalue weighted by Crippen LogP contribution is -1.92. The Labute approximate surface area is 158 Å². The van der Waals surface area contributed by atoms with Crippen LogP contribution in [-0.2, 0) is 0 Å². The minimum atomic E-state index is -0.418. The van der Waals surface area contributed by atoms with Crippen molar-refractivity contribution >= 4 is 27.7 Å². The summed E-state index contributed by atoms with van der Waals surface area (Å²) in [5.41, 5.74) is 1.40. The third-order valence-corrected chi connectivity index (χ3v) is 5.75. The number of ether oxygens (including phenoxy) is 1. The lowest BCUT2D eigenvalue weighted by Gasteiger charge is -2.11. The predicted octanol–water partition coefficient (Wildman–Crippen LogP) is 6.29. The molecule has 0 heterocycles. The minimum Gasteiger partial charge on any atom is -0.497 e. The molecular formula is C20H13BrFNOS. The van der Waals surface area contributed by atoms with E-state index in [4.69, 9.17) is 4.74 Å². The third-order valence-electron chi connectivity index (χ3n) is 3.66. The molecule has 0 aliphatic rings. The van der Waals surface area contributed by atoms with E-state index in [9.17, 15) is 9.65 Å². The van der Waals surface area contributed by atoms with Crippen LogP contribution in [0.4, 0.5) is 4.39 Å². The highest BCUT2D eigenvalue weighted by Crippen LogP contribution is 2.39. The van der Waals surface area contributed by atoms with Gasteiger partial charge < -0.3 is 4.74 Å². The van der Waals surface area contributed by atoms with Crippen molar-refractivity contribution in [1.29, 1.82) is 5.26 Å². The first-order valence-corrected chi connectivity index (χ1v) is 9.04. The van der Waals surface area contributed by atoms with Gasteiger partial charge in [0.05, 0.1) is 12.7 Å². The van der Waals surface area contributed by atoms with Crippen LogP contribution in [0.1, 0.15) is 5.56 Å². The van der Waals surface area contributed by atoms with Crippen LogP contribution in [0, 0.1) is 17.1 Å². The van der Waals surface area contributed by atoms with E-state index in [-0.39, 0.29) is 0 Å². The van der Waals surface area contributed by atoms with E-state index in [0.29, 0.717) is 22.4 Å². The molecule has 25 heavy (non-hydrogen) atoms. The Kier molecular flexibility index (Phi) is 5.42. The van der Waals surface area contributed by atoms with Gasteiger partial charge in [-0.25, -0.2) is 4.39 Å². The number of rotatable bonds is 4. The van der Waals surface area contributed by atoms with Crippen LogP contribution in [0.2, 0.25) is 0 Å². The average Bonchev–Trinajstić information content (AvgIpc) is 2.63. The summed E-state index contributed by atoms with van der Waals surface area (Å²) in [6.45, 7) is 0. The van der Waals surface area contributed by atoms with Gasteiger partial charge in [0.25, 0.3) is 0 Å². The van der Waals surface area contributed by atoms with Gasteiger partial charge >= 0.3 is 0 Å². The Hall–Kier alpha value is -2.29. The smallest absolute Gasteiger partial charge is 0.134 e. The standard InChI is InChI=1S/C20H13BrFNOS/c1-24-13-9-10-15(18(22)11-13)14-5-4-8-19(16(14)12-23)25-20-7-3-2-6-17(20)21/h2-11H,1H3. The molecule has 124 valence electrons. The third kappa shape index (κ3) is 3.71. The molecule has 3 rings (SSSR count). The SMILES string of the molecule is COc1ccc(-c2cccc(Sc3ccccc3Br)c2C#N)c(F)c1. The van der Waals surface area contributed by atoms with E-state index in [1.807, 2.05) is 36.4 Å². The van der Waals surface area contributed by atoms with Gasteiger partial charge in [0.2, 0.25) is 0 Å². The molecule has 0 aliphatic carbocycles. The molecule has 0 unspecified atom stereocenters. The molecular weight excluding hydrogens is 401 g/mol. The molecule has 0 aliphatic heterocycles. The maximum Gasteiger partial charge on any atom is 0.134 e. The summed E-state index contributed by atoms with van der Waals surface area (Å²) in [6, 6.07) is 20.1. The number of hydrogen-bond donors (Lipinski definition) is 0. The lowest BCUT2D eigenvalue weighted by atomic mass is 10.00. The summed E-state index contributed by atoms with van der Waals surface area (Å²) >= 11 is 4.98.